The van der Waals surface area contributed by atoms with Gasteiger partial charge in [0.05, 0.1) is 5.41 Å². The lowest BCUT2D eigenvalue weighted by Crippen LogP contribution is -2.28. The summed E-state index contributed by atoms with van der Waals surface area (Å²) in [5, 5.41) is 0. The highest BCUT2D eigenvalue weighted by molar-refractivity contribution is 5.76. The monoisotopic (exact) mass is 260 g/mol. The summed E-state index contributed by atoms with van der Waals surface area (Å²) in [6.45, 7) is 8.04. The van der Waals surface area contributed by atoms with E-state index in [0.29, 0.717) is 0 Å². The Bertz CT molecular complexity index is 474. The van der Waals surface area contributed by atoms with Gasteiger partial charge >= 0.3 is 5.97 Å². The number of fused-ring (bicyclic) bond motifs is 1. The molecule has 0 amide bonds. The Hall–Kier alpha value is -1.31. The van der Waals surface area contributed by atoms with E-state index in [1.165, 1.54) is 16.7 Å². The first-order valence-corrected chi connectivity index (χ1v) is 7.24. The summed E-state index contributed by atoms with van der Waals surface area (Å²) in [7, 11) is 0. The van der Waals surface area contributed by atoms with Crippen LogP contribution in [0, 0.1) is 12.3 Å². The number of hydrogen-bond donors (Lipinski definition) is 0. The molecule has 0 aliphatic heterocycles. The van der Waals surface area contributed by atoms with Crippen LogP contribution >= 0.6 is 0 Å². The van der Waals surface area contributed by atoms with Gasteiger partial charge in [0.25, 0.3) is 0 Å². The maximum Gasteiger partial charge on any atom is 0.312 e. The van der Waals surface area contributed by atoms with Crippen LogP contribution in [0.15, 0.2) is 18.2 Å². The van der Waals surface area contributed by atoms with E-state index in [1.807, 2.05) is 20.8 Å². The molecule has 19 heavy (non-hydrogen) atoms. The Morgan fingerprint density at radius 3 is 2.84 bits per heavy atom. The number of esters is 1. The average molecular weight is 260 g/mol. The number of aryl methyl sites for hydroxylation is 2. The minimum Gasteiger partial charge on any atom is -0.457 e. The van der Waals surface area contributed by atoms with Crippen molar-refractivity contribution in [3.8, 4) is 0 Å². The summed E-state index contributed by atoms with van der Waals surface area (Å²) in [5.41, 5.74) is 3.44. The molecule has 0 radical (unpaired) electrons. The van der Waals surface area contributed by atoms with Gasteiger partial charge in [0, 0.05) is 0 Å². The van der Waals surface area contributed by atoms with Crippen molar-refractivity contribution in [3.63, 3.8) is 0 Å². The molecule has 0 bridgehead atoms. The van der Waals surface area contributed by atoms with Crippen LogP contribution in [0.25, 0.3) is 0 Å². The molecule has 1 aromatic rings. The van der Waals surface area contributed by atoms with E-state index in [9.17, 15) is 4.79 Å². The molecule has 0 saturated carbocycles. The van der Waals surface area contributed by atoms with Crippen LogP contribution in [0.1, 0.15) is 62.8 Å². The van der Waals surface area contributed by atoms with Crippen molar-refractivity contribution in [2.45, 2.75) is 59.5 Å². The molecule has 0 fully saturated rings. The second-order valence-corrected chi connectivity index (χ2v) is 6.23. The maximum absolute atomic E-state index is 12.2. The van der Waals surface area contributed by atoms with E-state index in [2.05, 4.69) is 25.1 Å². The van der Waals surface area contributed by atoms with Gasteiger partial charge in [0.15, 0.2) is 0 Å². The summed E-state index contributed by atoms with van der Waals surface area (Å²) < 4.78 is 5.77. The van der Waals surface area contributed by atoms with Crippen molar-refractivity contribution in [3.05, 3.63) is 34.9 Å². The Morgan fingerprint density at radius 2 is 2.16 bits per heavy atom. The largest absolute Gasteiger partial charge is 0.457 e. The molecule has 1 atom stereocenters. The van der Waals surface area contributed by atoms with Crippen molar-refractivity contribution >= 4 is 5.97 Å². The zero-order valence-electron chi connectivity index (χ0n) is 12.5. The zero-order chi connectivity index (χ0) is 14.0. The van der Waals surface area contributed by atoms with Gasteiger partial charge in [0.2, 0.25) is 0 Å². The van der Waals surface area contributed by atoms with Gasteiger partial charge in [-0.2, -0.15) is 0 Å². The van der Waals surface area contributed by atoms with E-state index >= 15 is 0 Å². The summed E-state index contributed by atoms with van der Waals surface area (Å²) >= 11 is 0. The molecule has 1 aliphatic rings. The van der Waals surface area contributed by atoms with Gasteiger partial charge in [-0.15, -0.1) is 0 Å². The summed E-state index contributed by atoms with van der Waals surface area (Å²) in [6.07, 6.45) is 3.90. The average Bonchev–Trinajstić information content (AvgIpc) is 2.38. The normalized spacial score (nSPS) is 18.8. The van der Waals surface area contributed by atoms with Gasteiger partial charge in [-0.1, -0.05) is 30.7 Å². The highest BCUT2D eigenvalue weighted by atomic mass is 16.5. The van der Waals surface area contributed by atoms with Crippen molar-refractivity contribution in [2.75, 3.05) is 0 Å². The fourth-order valence-electron chi connectivity index (χ4n) is 2.45. The van der Waals surface area contributed by atoms with Gasteiger partial charge in [-0.05, 0) is 57.6 Å². The van der Waals surface area contributed by atoms with Gasteiger partial charge in [-0.3, -0.25) is 4.79 Å². The predicted molar refractivity (Wildman–Crippen MR) is 77.0 cm³/mol. The molecule has 1 unspecified atom stereocenters. The quantitative estimate of drug-likeness (QED) is 0.755. The third-order valence-corrected chi connectivity index (χ3v) is 4.24. The Kier molecular flexibility index (Phi) is 3.98. The molecule has 104 valence electrons. The van der Waals surface area contributed by atoms with Crippen LogP contribution in [0.3, 0.4) is 0 Å². The number of hydrogen-bond acceptors (Lipinski definition) is 2. The number of carbonyl (C=O) groups excluding carboxylic acids is 1. The minimum absolute atomic E-state index is 0.0531. The van der Waals surface area contributed by atoms with Crippen LogP contribution in [0.4, 0.5) is 0 Å². The molecule has 0 N–H and O–H groups in total. The van der Waals surface area contributed by atoms with Gasteiger partial charge in [-0.25, -0.2) is 0 Å². The molecule has 2 rings (SSSR count). The van der Waals surface area contributed by atoms with Crippen molar-refractivity contribution < 1.29 is 9.53 Å². The summed E-state index contributed by atoms with van der Waals surface area (Å²) in [5.74, 6) is -0.0755. The Labute approximate surface area is 116 Å². The number of rotatable bonds is 3. The molecular weight excluding hydrogens is 236 g/mol. The third kappa shape index (κ3) is 2.99. The molecule has 1 aliphatic carbocycles. The first kappa shape index (κ1) is 14.1. The van der Waals surface area contributed by atoms with E-state index in [0.717, 1.165) is 25.7 Å². The van der Waals surface area contributed by atoms with Crippen LogP contribution in [0.2, 0.25) is 0 Å². The second-order valence-electron chi connectivity index (χ2n) is 6.23. The van der Waals surface area contributed by atoms with Crippen molar-refractivity contribution in [1.29, 1.82) is 0 Å². The number of carbonyl (C=O) groups is 1. The fourth-order valence-corrected chi connectivity index (χ4v) is 2.45. The Balaban J connectivity index is 2.18. The lowest BCUT2D eigenvalue weighted by Gasteiger charge is -2.29. The molecule has 0 spiro atoms. The topological polar surface area (TPSA) is 26.3 Å². The highest BCUT2D eigenvalue weighted by Crippen LogP contribution is 2.35. The third-order valence-electron chi connectivity index (χ3n) is 4.24. The molecule has 0 saturated heterocycles. The standard InChI is InChI=1S/C17H24O2/c1-5-17(3,4)16(18)19-15-8-6-7-13-11-12(2)9-10-14(13)15/h9-11,15H,5-8H2,1-4H3. The smallest absolute Gasteiger partial charge is 0.312 e. The first-order valence-electron chi connectivity index (χ1n) is 7.24. The molecule has 2 heteroatoms. The summed E-state index contributed by atoms with van der Waals surface area (Å²) in [6, 6.07) is 6.46. The number of ether oxygens (including phenoxy) is 1. The van der Waals surface area contributed by atoms with E-state index < -0.39 is 0 Å². The molecule has 0 aromatic heterocycles. The zero-order valence-corrected chi connectivity index (χ0v) is 12.5. The van der Waals surface area contributed by atoms with Crippen LogP contribution in [-0.2, 0) is 16.0 Å². The lowest BCUT2D eigenvalue weighted by atomic mass is 9.87. The van der Waals surface area contributed by atoms with E-state index in [1.54, 1.807) is 0 Å². The van der Waals surface area contributed by atoms with E-state index in [-0.39, 0.29) is 17.5 Å². The predicted octanol–water partition coefficient (Wildman–Crippen LogP) is 4.35. The molecular formula is C17H24O2. The molecule has 1 aromatic carbocycles. The minimum atomic E-state index is -0.387. The van der Waals surface area contributed by atoms with Crippen molar-refractivity contribution in [1.82, 2.24) is 0 Å². The molecule has 0 heterocycles. The van der Waals surface area contributed by atoms with Crippen LogP contribution in [-0.4, -0.2) is 5.97 Å². The first-order chi connectivity index (χ1) is 8.94. The number of benzene rings is 1. The fraction of sp³-hybridized carbons (Fsp3) is 0.588. The Morgan fingerprint density at radius 1 is 1.42 bits per heavy atom. The second kappa shape index (κ2) is 5.36. The lowest BCUT2D eigenvalue weighted by molar-refractivity contribution is -0.161. The highest BCUT2D eigenvalue weighted by Gasteiger charge is 2.31. The van der Waals surface area contributed by atoms with Crippen LogP contribution in [0.5, 0.6) is 0 Å². The molecule has 2 nitrogen and oxygen atoms in total. The van der Waals surface area contributed by atoms with Gasteiger partial charge < -0.3 is 4.74 Å². The van der Waals surface area contributed by atoms with E-state index in [4.69, 9.17) is 4.74 Å². The van der Waals surface area contributed by atoms with Crippen molar-refractivity contribution in [2.24, 2.45) is 5.41 Å². The maximum atomic E-state index is 12.2. The summed E-state index contributed by atoms with van der Waals surface area (Å²) in [4.78, 5) is 12.2. The van der Waals surface area contributed by atoms with Crippen LogP contribution < -0.4 is 0 Å². The van der Waals surface area contributed by atoms with Gasteiger partial charge in [0.1, 0.15) is 6.10 Å². The SMILES string of the molecule is CCC(C)(C)C(=O)OC1CCCc2cc(C)ccc21.